The number of nitrogens with one attached hydrogen (secondary N) is 1. The van der Waals surface area contributed by atoms with E-state index in [0.717, 1.165) is 13.0 Å². The fourth-order valence-electron chi connectivity index (χ4n) is 4.79. The van der Waals surface area contributed by atoms with E-state index in [0.29, 0.717) is 18.2 Å². The number of hydrogen-bond donors (Lipinski definition) is 2. The molecule has 0 spiro atoms. The Hall–Kier alpha value is -2.33. The van der Waals surface area contributed by atoms with Crippen LogP contribution in [0.5, 0.6) is 5.75 Å². The van der Waals surface area contributed by atoms with E-state index < -0.39 is 0 Å². The zero-order valence-electron chi connectivity index (χ0n) is 16.3. The third kappa shape index (κ3) is 3.12. The van der Waals surface area contributed by atoms with Gasteiger partial charge in [-0.25, -0.2) is 0 Å². The molecule has 1 aliphatic carbocycles. The summed E-state index contributed by atoms with van der Waals surface area (Å²) in [5.41, 5.74) is 3.63. The van der Waals surface area contributed by atoms with Gasteiger partial charge in [-0.3, -0.25) is 9.69 Å². The molecule has 4 heteroatoms. The first-order valence-corrected chi connectivity index (χ1v) is 9.75. The number of phenols is 1. The predicted molar refractivity (Wildman–Crippen MR) is 107 cm³/mol. The minimum atomic E-state index is -0.0616. The molecule has 0 radical (unpaired) electrons. The predicted octanol–water partition coefficient (Wildman–Crippen LogP) is 3.09. The number of rotatable bonds is 4. The van der Waals surface area contributed by atoms with Crippen molar-refractivity contribution in [2.24, 2.45) is 11.8 Å². The molecule has 1 aliphatic heterocycles. The second-order valence-corrected chi connectivity index (χ2v) is 8.39. The second kappa shape index (κ2) is 6.68. The van der Waals surface area contributed by atoms with Gasteiger partial charge in [-0.1, -0.05) is 50.2 Å². The maximum absolute atomic E-state index is 12.9. The van der Waals surface area contributed by atoms with Gasteiger partial charge in [0.25, 0.3) is 0 Å². The molecule has 2 aromatic rings. The number of fused-ring (bicyclic) bond motifs is 1. The van der Waals surface area contributed by atoms with Crippen molar-refractivity contribution in [3.8, 4) is 5.75 Å². The van der Waals surface area contributed by atoms with E-state index in [4.69, 9.17) is 0 Å². The molecule has 2 N–H and O–H groups in total. The van der Waals surface area contributed by atoms with Gasteiger partial charge in [-0.2, -0.15) is 0 Å². The SMILES string of the molecule is C[C@H]1[C@@H](C(=O)NC[C@@H]2Cc3ccc(O)cc3CN2C)[C@]1(C)c1ccccc1. The molecule has 4 rings (SSSR count). The number of hydrogen-bond acceptors (Lipinski definition) is 3. The van der Waals surface area contributed by atoms with Gasteiger partial charge < -0.3 is 10.4 Å². The van der Waals surface area contributed by atoms with Crippen LogP contribution >= 0.6 is 0 Å². The molecule has 142 valence electrons. The van der Waals surface area contributed by atoms with E-state index >= 15 is 0 Å². The van der Waals surface area contributed by atoms with Gasteiger partial charge in [0, 0.05) is 24.5 Å². The quantitative estimate of drug-likeness (QED) is 0.877. The highest BCUT2D eigenvalue weighted by Gasteiger charge is 2.62. The second-order valence-electron chi connectivity index (χ2n) is 8.39. The molecule has 4 nitrogen and oxygen atoms in total. The number of amides is 1. The number of carbonyl (C=O) groups excluding carboxylic acids is 1. The van der Waals surface area contributed by atoms with Crippen molar-refractivity contribution in [2.45, 2.75) is 38.3 Å². The Balaban J connectivity index is 1.39. The number of nitrogens with zero attached hydrogens (tertiary/aromatic N) is 1. The van der Waals surface area contributed by atoms with Gasteiger partial charge >= 0.3 is 0 Å². The zero-order chi connectivity index (χ0) is 19.2. The number of benzene rings is 2. The largest absolute Gasteiger partial charge is 0.508 e. The highest BCUT2D eigenvalue weighted by molar-refractivity contribution is 5.85. The number of phenolic OH excluding ortho intramolecular Hbond substituents is 1. The molecular formula is C23H28N2O2. The smallest absolute Gasteiger partial charge is 0.224 e. The first kappa shape index (κ1) is 18.1. The van der Waals surface area contributed by atoms with Gasteiger partial charge in [-0.15, -0.1) is 0 Å². The van der Waals surface area contributed by atoms with E-state index in [1.54, 1.807) is 6.07 Å². The number of aromatic hydroxyl groups is 1. The van der Waals surface area contributed by atoms with Gasteiger partial charge in [0.2, 0.25) is 5.91 Å². The molecule has 27 heavy (non-hydrogen) atoms. The van der Waals surface area contributed by atoms with Crippen LogP contribution in [0, 0.1) is 11.8 Å². The molecule has 0 saturated heterocycles. The third-order valence-corrected chi connectivity index (χ3v) is 6.86. The topological polar surface area (TPSA) is 52.6 Å². The third-order valence-electron chi connectivity index (χ3n) is 6.86. The van der Waals surface area contributed by atoms with Gasteiger partial charge in [0.15, 0.2) is 0 Å². The summed E-state index contributed by atoms with van der Waals surface area (Å²) >= 11 is 0. The highest BCUT2D eigenvalue weighted by Crippen LogP contribution is 2.59. The van der Waals surface area contributed by atoms with Gasteiger partial charge in [-0.05, 0) is 48.2 Å². The normalized spacial score (nSPS) is 29.8. The van der Waals surface area contributed by atoms with E-state index in [-0.39, 0.29) is 23.3 Å². The lowest BCUT2D eigenvalue weighted by atomic mass is 9.93. The van der Waals surface area contributed by atoms with E-state index in [2.05, 4.69) is 43.2 Å². The lowest BCUT2D eigenvalue weighted by molar-refractivity contribution is -0.123. The first-order chi connectivity index (χ1) is 12.9. The summed E-state index contributed by atoms with van der Waals surface area (Å²) in [5.74, 6) is 0.876. The van der Waals surface area contributed by atoms with E-state index in [1.165, 1.54) is 16.7 Å². The number of likely N-dealkylation sites (N-methyl/N-ethyl adjacent to an activating group) is 1. The van der Waals surface area contributed by atoms with Crippen LogP contribution in [0.4, 0.5) is 0 Å². The fourth-order valence-corrected chi connectivity index (χ4v) is 4.79. The molecular weight excluding hydrogens is 336 g/mol. The van der Waals surface area contributed by atoms with Crippen molar-refractivity contribution in [3.63, 3.8) is 0 Å². The summed E-state index contributed by atoms with van der Waals surface area (Å²) in [5, 5.41) is 12.9. The first-order valence-electron chi connectivity index (χ1n) is 9.75. The summed E-state index contributed by atoms with van der Waals surface area (Å²) in [7, 11) is 2.08. The Bertz CT molecular complexity index is 851. The van der Waals surface area contributed by atoms with Crippen molar-refractivity contribution in [3.05, 3.63) is 65.2 Å². The lowest BCUT2D eigenvalue weighted by Crippen LogP contribution is -2.46. The molecule has 1 fully saturated rings. The van der Waals surface area contributed by atoms with Crippen LogP contribution in [-0.4, -0.2) is 35.5 Å². The lowest BCUT2D eigenvalue weighted by Gasteiger charge is -2.34. The van der Waals surface area contributed by atoms with Crippen molar-refractivity contribution in [1.82, 2.24) is 10.2 Å². The molecule has 2 aromatic carbocycles. The maximum Gasteiger partial charge on any atom is 0.224 e. The summed E-state index contributed by atoms with van der Waals surface area (Å²) in [4.78, 5) is 15.1. The summed E-state index contributed by atoms with van der Waals surface area (Å²) in [6, 6.07) is 16.3. The monoisotopic (exact) mass is 364 g/mol. The van der Waals surface area contributed by atoms with Crippen molar-refractivity contribution in [2.75, 3.05) is 13.6 Å². The molecule has 2 aliphatic rings. The van der Waals surface area contributed by atoms with Gasteiger partial charge in [0.1, 0.15) is 5.75 Å². The van der Waals surface area contributed by atoms with Crippen molar-refractivity contribution < 1.29 is 9.90 Å². The molecule has 0 unspecified atom stereocenters. The molecule has 1 saturated carbocycles. The maximum atomic E-state index is 12.9. The van der Waals surface area contributed by atoms with Crippen LogP contribution in [0.15, 0.2) is 48.5 Å². The summed E-state index contributed by atoms with van der Waals surface area (Å²) in [6.07, 6.45) is 0.891. The highest BCUT2D eigenvalue weighted by atomic mass is 16.3. The van der Waals surface area contributed by atoms with E-state index in [1.807, 2.05) is 30.3 Å². The number of carbonyl (C=O) groups is 1. The molecule has 4 atom stereocenters. The van der Waals surface area contributed by atoms with E-state index in [9.17, 15) is 9.90 Å². The van der Waals surface area contributed by atoms with Crippen LogP contribution in [0.1, 0.15) is 30.5 Å². The standard InChI is InChI=1S/C23H28N2O2/c1-15-21(23(15,2)18-7-5-4-6-8-18)22(27)24-13-19-11-16-9-10-20(26)12-17(16)14-25(19)3/h4-10,12,15,19,21,26H,11,13-14H2,1-3H3,(H,24,27)/t15-,19-,21-,23-/m0/s1. The minimum absolute atomic E-state index is 0.0398. The molecule has 0 aromatic heterocycles. The van der Waals surface area contributed by atoms with Crippen LogP contribution < -0.4 is 5.32 Å². The van der Waals surface area contributed by atoms with Crippen molar-refractivity contribution in [1.29, 1.82) is 0 Å². The summed E-state index contributed by atoms with van der Waals surface area (Å²) in [6.45, 7) is 5.83. The summed E-state index contributed by atoms with van der Waals surface area (Å²) < 4.78 is 0. The molecule has 1 heterocycles. The Morgan fingerprint density at radius 3 is 2.70 bits per heavy atom. The van der Waals surface area contributed by atoms with Gasteiger partial charge in [0.05, 0.1) is 5.92 Å². The average Bonchev–Trinajstić information content (AvgIpc) is 3.22. The Morgan fingerprint density at radius 2 is 1.96 bits per heavy atom. The molecule has 0 bridgehead atoms. The zero-order valence-corrected chi connectivity index (χ0v) is 16.3. The molecule has 1 amide bonds. The fraction of sp³-hybridized carbons (Fsp3) is 0.435. The Kier molecular flexibility index (Phi) is 4.47. The van der Waals surface area contributed by atoms with Crippen molar-refractivity contribution >= 4 is 5.91 Å². The Labute approximate surface area is 161 Å². The van der Waals surface area contributed by atoms with Crippen LogP contribution in [0.3, 0.4) is 0 Å². The van der Waals surface area contributed by atoms with Crippen LogP contribution in [0.2, 0.25) is 0 Å². The average molecular weight is 364 g/mol. The minimum Gasteiger partial charge on any atom is -0.508 e. The van der Waals surface area contributed by atoms with Crippen LogP contribution in [-0.2, 0) is 23.2 Å². The van der Waals surface area contributed by atoms with Crippen LogP contribution in [0.25, 0.3) is 0 Å². The Morgan fingerprint density at radius 1 is 1.22 bits per heavy atom.